The summed E-state index contributed by atoms with van der Waals surface area (Å²) in [6, 6.07) is 15.7. The Morgan fingerprint density at radius 1 is 0.848 bits per heavy atom. The van der Waals surface area contributed by atoms with Gasteiger partial charge in [-0.15, -0.1) is 0 Å². The summed E-state index contributed by atoms with van der Waals surface area (Å²) in [6.45, 7) is 0. The largest absolute Gasteiger partial charge is 0.504 e. The van der Waals surface area contributed by atoms with Crippen molar-refractivity contribution in [2.24, 2.45) is 0 Å². The van der Waals surface area contributed by atoms with Crippen molar-refractivity contribution in [3.05, 3.63) is 76.5 Å². The Morgan fingerprint density at radius 3 is 2.09 bits per heavy atom. The zero-order valence-corrected chi connectivity index (χ0v) is 17.6. The summed E-state index contributed by atoms with van der Waals surface area (Å²) >= 11 is 0. The molecule has 9 nitrogen and oxygen atoms in total. The Morgan fingerprint density at radius 2 is 1.48 bits per heavy atom. The standard InChI is InChI=1S/C17H14O4.C7H6O5/c1-19-12-5-3-4-11(8-12)16-10-15(18)14-7-6-13(20-2)9-17(14)21-16;8-4-1-3(7(11)12)2-5(9)6(4)10/h3-10H,1-2H3;1-2,8-10H,(H,11,12). The van der Waals surface area contributed by atoms with Gasteiger partial charge in [0.15, 0.2) is 22.7 Å². The fourth-order valence-corrected chi connectivity index (χ4v) is 2.91. The SMILES string of the molecule is COc1cccc(-c2cc(=O)c3ccc(OC)cc3o2)c1.O=C(O)c1cc(O)c(O)c(O)c1. The van der Waals surface area contributed by atoms with Crippen LogP contribution in [0.25, 0.3) is 22.3 Å². The molecule has 0 spiro atoms. The average Bonchev–Trinajstić information content (AvgIpc) is 2.82. The fraction of sp³-hybridized carbons (Fsp3) is 0.0833. The average molecular weight is 452 g/mol. The first-order chi connectivity index (χ1) is 15.7. The van der Waals surface area contributed by atoms with Gasteiger partial charge in [-0.2, -0.15) is 0 Å². The number of benzene rings is 3. The molecule has 0 saturated heterocycles. The van der Waals surface area contributed by atoms with Crippen LogP contribution in [0.5, 0.6) is 28.7 Å². The maximum absolute atomic E-state index is 12.2. The Labute approximate surface area is 187 Å². The van der Waals surface area contributed by atoms with Crippen molar-refractivity contribution >= 4 is 16.9 Å². The Balaban J connectivity index is 0.000000218. The van der Waals surface area contributed by atoms with E-state index in [9.17, 15) is 9.59 Å². The second-order valence-corrected chi connectivity index (χ2v) is 6.74. The minimum absolute atomic E-state index is 0.0864. The van der Waals surface area contributed by atoms with E-state index in [4.69, 9.17) is 34.3 Å². The zero-order chi connectivity index (χ0) is 24.1. The molecule has 0 bridgehead atoms. The Kier molecular flexibility index (Phi) is 6.73. The van der Waals surface area contributed by atoms with Crippen molar-refractivity contribution in [3.63, 3.8) is 0 Å². The van der Waals surface area contributed by atoms with E-state index >= 15 is 0 Å². The lowest BCUT2D eigenvalue weighted by Crippen LogP contribution is -2.00. The van der Waals surface area contributed by atoms with E-state index in [1.807, 2.05) is 24.3 Å². The van der Waals surface area contributed by atoms with Crippen molar-refractivity contribution in [1.82, 2.24) is 0 Å². The van der Waals surface area contributed by atoms with Gasteiger partial charge in [-0.25, -0.2) is 4.79 Å². The highest BCUT2D eigenvalue weighted by Crippen LogP contribution is 2.35. The molecule has 0 aliphatic rings. The lowest BCUT2D eigenvalue weighted by molar-refractivity contribution is 0.0696. The van der Waals surface area contributed by atoms with Crippen LogP contribution in [0.15, 0.2) is 69.9 Å². The van der Waals surface area contributed by atoms with Crippen LogP contribution in [0.1, 0.15) is 10.4 Å². The minimum atomic E-state index is -1.29. The quantitative estimate of drug-likeness (QED) is 0.338. The number of carboxylic acids is 1. The molecule has 0 aliphatic carbocycles. The first kappa shape index (κ1) is 23.0. The predicted octanol–water partition coefficient (Wildman–Crippen LogP) is 3.98. The highest BCUT2D eigenvalue weighted by molar-refractivity contribution is 5.89. The van der Waals surface area contributed by atoms with Crippen LogP contribution < -0.4 is 14.9 Å². The fourth-order valence-electron chi connectivity index (χ4n) is 2.91. The van der Waals surface area contributed by atoms with E-state index in [1.165, 1.54) is 6.07 Å². The summed E-state index contributed by atoms with van der Waals surface area (Å²) in [5, 5.41) is 35.5. The van der Waals surface area contributed by atoms with Gasteiger partial charge in [0, 0.05) is 17.7 Å². The number of phenols is 3. The summed E-state index contributed by atoms with van der Waals surface area (Å²) < 4.78 is 16.2. The number of aromatic hydroxyl groups is 3. The molecule has 33 heavy (non-hydrogen) atoms. The number of phenolic OH excluding ortho intramolecular Hbond substituents is 3. The van der Waals surface area contributed by atoms with Gasteiger partial charge in [0.05, 0.1) is 25.2 Å². The molecule has 1 heterocycles. The van der Waals surface area contributed by atoms with E-state index in [0.29, 0.717) is 28.2 Å². The maximum atomic E-state index is 12.2. The van der Waals surface area contributed by atoms with E-state index in [1.54, 1.807) is 32.4 Å². The lowest BCUT2D eigenvalue weighted by atomic mass is 10.1. The van der Waals surface area contributed by atoms with Crippen molar-refractivity contribution in [2.75, 3.05) is 14.2 Å². The van der Waals surface area contributed by atoms with E-state index in [0.717, 1.165) is 17.7 Å². The molecule has 1 aromatic heterocycles. The zero-order valence-electron chi connectivity index (χ0n) is 17.6. The molecule has 0 aliphatic heterocycles. The van der Waals surface area contributed by atoms with E-state index in [-0.39, 0.29) is 11.0 Å². The molecular formula is C24H20O9. The second kappa shape index (κ2) is 9.65. The minimum Gasteiger partial charge on any atom is -0.504 e. The summed E-state index contributed by atoms with van der Waals surface area (Å²) in [4.78, 5) is 22.5. The summed E-state index contributed by atoms with van der Waals surface area (Å²) in [7, 11) is 3.17. The molecule has 4 N–H and O–H groups in total. The van der Waals surface area contributed by atoms with Crippen LogP contribution in [-0.2, 0) is 0 Å². The van der Waals surface area contributed by atoms with Gasteiger partial charge in [-0.1, -0.05) is 12.1 Å². The Hall–Kier alpha value is -4.66. The number of hydrogen-bond donors (Lipinski definition) is 4. The number of methoxy groups -OCH3 is 2. The lowest BCUT2D eigenvalue weighted by Gasteiger charge is -2.06. The summed E-state index contributed by atoms with van der Waals surface area (Å²) in [6.07, 6.45) is 0. The third-order valence-electron chi connectivity index (χ3n) is 4.61. The second-order valence-electron chi connectivity index (χ2n) is 6.74. The maximum Gasteiger partial charge on any atom is 0.335 e. The van der Waals surface area contributed by atoms with E-state index < -0.39 is 23.2 Å². The predicted molar refractivity (Wildman–Crippen MR) is 119 cm³/mol. The van der Waals surface area contributed by atoms with Crippen LogP contribution in [-0.4, -0.2) is 40.6 Å². The topological polar surface area (TPSA) is 147 Å². The normalized spacial score (nSPS) is 10.2. The molecule has 4 rings (SSSR count). The summed E-state index contributed by atoms with van der Waals surface area (Å²) in [5.74, 6) is -1.48. The highest BCUT2D eigenvalue weighted by atomic mass is 16.5. The molecule has 0 amide bonds. The van der Waals surface area contributed by atoms with Crippen molar-refractivity contribution in [3.8, 4) is 40.1 Å². The molecule has 0 radical (unpaired) electrons. The first-order valence-electron chi connectivity index (χ1n) is 9.48. The molecule has 4 aromatic rings. The molecular weight excluding hydrogens is 432 g/mol. The van der Waals surface area contributed by atoms with Crippen LogP contribution in [0.2, 0.25) is 0 Å². The van der Waals surface area contributed by atoms with Crippen LogP contribution in [0.4, 0.5) is 0 Å². The number of rotatable bonds is 4. The van der Waals surface area contributed by atoms with Gasteiger partial charge in [0.2, 0.25) is 0 Å². The van der Waals surface area contributed by atoms with Crippen molar-refractivity contribution in [1.29, 1.82) is 0 Å². The number of carbonyl (C=O) groups is 1. The number of ether oxygens (including phenoxy) is 2. The van der Waals surface area contributed by atoms with Crippen LogP contribution >= 0.6 is 0 Å². The molecule has 3 aromatic carbocycles. The van der Waals surface area contributed by atoms with E-state index in [2.05, 4.69) is 0 Å². The molecule has 0 saturated carbocycles. The summed E-state index contributed by atoms with van der Waals surface area (Å²) in [5.41, 5.74) is 0.912. The van der Waals surface area contributed by atoms with Crippen LogP contribution in [0.3, 0.4) is 0 Å². The van der Waals surface area contributed by atoms with Gasteiger partial charge < -0.3 is 34.3 Å². The number of hydrogen-bond acceptors (Lipinski definition) is 8. The third-order valence-corrected chi connectivity index (χ3v) is 4.61. The van der Waals surface area contributed by atoms with Gasteiger partial charge >= 0.3 is 5.97 Å². The van der Waals surface area contributed by atoms with Gasteiger partial charge in [0.1, 0.15) is 22.8 Å². The Bertz CT molecular complexity index is 1350. The third kappa shape index (κ3) is 5.16. The van der Waals surface area contributed by atoms with Gasteiger partial charge in [-0.05, 0) is 36.4 Å². The number of fused-ring (bicyclic) bond motifs is 1. The number of carboxylic acid groups (broad SMARTS) is 1. The molecule has 170 valence electrons. The molecule has 0 atom stereocenters. The van der Waals surface area contributed by atoms with Gasteiger partial charge in [-0.3, -0.25) is 4.79 Å². The van der Waals surface area contributed by atoms with Crippen LogP contribution in [0, 0.1) is 0 Å². The smallest absolute Gasteiger partial charge is 0.335 e. The monoisotopic (exact) mass is 452 g/mol. The molecule has 0 unspecified atom stereocenters. The molecule has 0 fully saturated rings. The highest BCUT2D eigenvalue weighted by Gasteiger charge is 2.12. The number of aromatic carboxylic acids is 1. The first-order valence-corrected chi connectivity index (χ1v) is 9.48. The molecule has 9 heteroatoms. The van der Waals surface area contributed by atoms with Gasteiger partial charge in [0.25, 0.3) is 0 Å². The van der Waals surface area contributed by atoms with Crippen molar-refractivity contribution < 1.29 is 39.1 Å². The van der Waals surface area contributed by atoms with Crippen molar-refractivity contribution in [2.45, 2.75) is 0 Å².